The third-order valence-corrected chi connectivity index (χ3v) is 2.64. The number of nitrogens with zero attached hydrogens (tertiary/aromatic N) is 1. The highest BCUT2D eigenvalue weighted by Gasteiger charge is 2.07. The number of aromatic nitrogens is 1. The van der Waals surface area contributed by atoms with Crippen LogP contribution < -0.4 is 10.6 Å². The second-order valence-electron chi connectivity index (χ2n) is 3.57. The van der Waals surface area contributed by atoms with Gasteiger partial charge < -0.3 is 5.32 Å². The van der Waals surface area contributed by atoms with Gasteiger partial charge in [-0.1, -0.05) is 23.2 Å². The molecule has 0 radical (unpaired) electrons. The first-order valence-corrected chi connectivity index (χ1v) is 5.95. The van der Waals surface area contributed by atoms with E-state index >= 15 is 0 Å². The second kappa shape index (κ2) is 5.86. The van der Waals surface area contributed by atoms with Crippen LogP contribution in [0.3, 0.4) is 0 Å². The summed E-state index contributed by atoms with van der Waals surface area (Å²) in [6.07, 6.45) is 1.36. The van der Waals surface area contributed by atoms with Crippen molar-refractivity contribution in [1.82, 2.24) is 4.98 Å². The Kier molecular flexibility index (Phi) is 4.19. The molecule has 0 spiro atoms. The molecule has 7 heteroatoms. The molecule has 0 aliphatic carbocycles. The molecule has 0 unspecified atom stereocenters. The van der Waals surface area contributed by atoms with Gasteiger partial charge in [0.2, 0.25) is 0 Å². The Morgan fingerprint density at radius 2 is 1.84 bits per heavy atom. The van der Waals surface area contributed by atoms with Crippen LogP contribution in [-0.4, -0.2) is 11.0 Å². The average Bonchev–Trinajstić information content (AvgIpc) is 2.36. The minimum absolute atomic E-state index is 0.186. The summed E-state index contributed by atoms with van der Waals surface area (Å²) < 4.78 is 12.7. The molecule has 0 atom stereocenters. The summed E-state index contributed by atoms with van der Waals surface area (Å²) >= 11 is 11.5. The van der Waals surface area contributed by atoms with E-state index in [1.807, 2.05) is 0 Å². The molecule has 19 heavy (non-hydrogen) atoms. The molecule has 1 heterocycles. The van der Waals surface area contributed by atoms with Gasteiger partial charge >= 0.3 is 6.03 Å². The van der Waals surface area contributed by atoms with E-state index < -0.39 is 6.03 Å². The predicted molar refractivity (Wildman–Crippen MR) is 73.3 cm³/mol. The van der Waals surface area contributed by atoms with E-state index in [1.54, 1.807) is 0 Å². The molecule has 98 valence electrons. The normalized spacial score (nSPS) is 10.1. The van der Waals surface area contributed by atoms with Gasteiger partial charge in [0, 0.05) is 11.9 Å². The minimum atomic E-state index is -0.539. The fraction of sp³-hybridized carbons (Fsp3) is 0. The first-order valence-electron chi connectivity index (χ1n) is 5.19. The van der Waals surface area contributed by atoms with Gasteiger partial charge in [-0.25, -0.2) is 14.2 Å². The van der Waals surface area contributed by atoms with Crippen LogP contribution in [0, 0.1) is 5.82 Å². The van der Waals surface area contributed by atoms with Crippen LogP contribution in [0.1, 0.15) is 0 Å². The third-order valence-electron chi connectivity index (χ3n) is 2.14. The molecule has 2 amide bonds. The van der Waals surface area contributed by atoms with Crippen LogP contribution in [0.5, 0.6) is 0 Å². The maximum absolute atomic E-state index is 12.7. The number of halogens is 3. The van der Waals surface area contributed by atoms with Crippen LogP contribution in [0.2, 0.25) is 10.0 Å². The number of carbonyl (C=O) groups excluding carboxylic acids is 1. The van der Waals surface area contributed by atoms with Gasteiger partial charge in [-0.15, -0.1) is 0 Å². The molecule has 0 fully saturated rings. The zero-order valence-corrected chi connectivity index (χ0v) is 11.0. The molecular formula is C12H8Cl2FN3O. The lowest BCUT2D eigenvalue weighted by atomic mass is 10.3. The molecule has 4 nitrogen and oxygen atoms in total. The number of rotatable bonds is 2. The number of anilines is 2. The Hall–Kier alpha value is -1.85. The highest BCUT2D eigenvalue weighted by Crippen LogP contribution is 2.22. The van der Waals surface area contributed by atoms with Crippen molar-refractivity contribution < 1.29 is 9.18 Å². The van der Waals surface area contributed by atoms with Gasteiger partial charge in [-0.3, -0.25) is 5.32 Å². The number of hydrogen-bond donors (Lipinski definition) is 2. The Balaban J connectivity index is 2.03. The van der Waals surface area contributed by atoms with Crippen molar-refractivity contribution in [2.45, 2.75) is 0 Å². The van der Waals surface area contributed by atoms with Gasteiger partial charge in [-0.05, 0) is 30.3 Å². The largest absolute Gasteiger partial charge is 0.324 e. The molecule has 2 N–H and O–H groups in total. The molecule has 2 aromatic rings. The molecule has 1 aromatic heterocycles. The van der Waals surface area contributed by atoms with E-state index in [0.29, 0.717) is 10.7 Å². The molecule has 0 saturated carbocycles. The van der Waals surface area contributed by atoms with Gasteiger partial charge in [0.1, 0.15) is 5.82 Å². The van der Waals surface area contributed by atoms with Gasteiger partial charge in [0.25, 0.3) is 0 Å². The predicted octanol–water partition coefficient (Wildman–Crippen LogP) is 4.17. The monoisotopic (exact) mass is 299 g/mol. The molecule has 0 bridgehead atoms. The first-order chi connectivity index (χ1) is 9.04. The fourth-order valence-corrected chi connectivity index (χ4v) is 1.74. The number of hydrogen-bond acceptors (Lipinski definition) is 2. The zero-order valence-electron chi connectivity index (χ0n) is 9.45. The van der Waals surface area contributed by atoms with Crippen LogP contribution in [-0.2, 0) is 0 Å². The van der Waals surface area contributed by atoms with E-state index in [1.165, 1.54) is 36.5 Å². The summed E-state index contributed by atoms with van der Waals surface area (Å²) in [4.78, 5) is 15.5. The smallest absolute Gasteiger partial charge is 0.308 e. The summed E-state index contributed by atoms with van der Waals surface area (Å²) in [5, 5.41) is 5.56. The molecular weight excluding hydrogens is 292 g/mol. The fourth-order valence-electron chi connectivity index (χ4n) is 1.31. The van der Waals surface area contributed by atoms with Crippen molar-refractivity contribution in [2.24, 2.45) is 0 Å². The number of pyridine rings is 1. The third kappa shape index (κ3) is 3.81. The Morgan fingerprint density at radius 3 is 2.47 bits per heavy atom. The van der Waals surface area contributed by atoms with Gasteiger partial charge in [-0.2, -0.15) is 0 Å². The maximum atomic E-state index is 12.7. The SMILES string of the molecule is O=C(Nc1ccc(F)cc1)Nc1ncc(Cl)cc1Cl. The molecule has 0 aliphatic heterocycles. The number of nitrogens with one attached hydrogen (secondary N) is 2. The van der Waals surface area contributed by atoms with Gasteiger partial charge in [0.15, 0.2) is 5.82 Å². The van der Waals surface area contributed by atoms with Crippen molar-refractivity contribution in [3.63, 3.8) is 0 Å². The summed E-state index contributed by atoms with van der Waals surface area (Å²) in [5.41, 5.74) is 0.448. The topological polar surface area (TPSA) is 54.0 Å². The number of amides is 2. The van der Waals surface area contributed by atoms with Crippen molar-refractivity contribution in [2.75, 3.05) is 10.6 Å². The Morgan fingerprint density at radius 1 is 1.16 bits per heavy atom. The van der Waals surface area contributed by atoms with E-state index in [9.17, 15) is 9.18 Å². The summed E-state index contributed by atoms with van der Waals surface area (Å²) in [6, 6.07) is 6.27. The van der Waals surface area contributed by atoms with E-state index in [0.717, 1.165) is 0 Å². The van der Waals surface area contributed by atoms with Crippen LogP contribution in [0.25, 0.3) is 0 Å². The maximum Gasteiger partial charge on any atom is 0.324 e. The Labute approximate surface area is 118 Å². The number of carbonyl (C=O) groups is 1. The lowest BCUT2D eigenvalue weighted by molar-refractivity contribution is 0.262. The lowest BCUT2D eigenvalue weighted by Crippen LogP contribution is -2.20. The highest BCUT2D eigenvalue weighted by atomic mass is 35.5. The standard InChI is InChI=1S/C12H8Cl2FN3O/c13-7-5-10(14)11(16-6-7)18-12(19)17-9-3-1-8(15)2-4-9/h1-6H,(H2,16,17,18,19). The molecule has 2 rings (SSSR count). The first kappa shape index (κ1) is 13.6. The van der Waals surface area contributed by atoms with Crippen molar-refractivity contribution in [3.05, 3.63) is 52.4 Å². The van der Waals surface area contributed by atoms with Crippen LogP contribution in [0.4, 0.5) is 20.7 Å². The molecule has 0 aliphatic rings. The lowest BCUT2D eigenvalue weighted by Gasteiger charge is -2.08. The van der Waals surface area contributed by atoms with Crippen molar-refractivity contribution >= 4 is 40.7 Å². The number of benzene rings is 1. The van der Waals surface area contributed by atoms with Gasteiger partial charge in [0.05, 0.1) is 10.0 Å². The van der Waals surface area contributed by atoms with E-state index in [-0.39, 0.29) is 16.7 Å². The highest BCUT2D eigenvalue weighted by molar-refractivity contribution is 6.36. The number of urea groups is 1. The van der Waals surface area contributed by atoms with Crippen LogP contribution in [0.15, 0.2) is 36.5 Å². The molecule has 0 saturated heterocycles. The quantitative estimate of drug-likeness (QED) is 0.874. The molecule has 1 aromatic carbocycles. The summed E-state index contributed by atoms with van der Waals surface area (Å²) in [7, 11) is 0. The second-order valence-corrected chi connectivity index (χ2v) is 4.41. The average molecular weight is 300 g/mol. The van der Waals surface area contributed by atoms with Crippen LogP contribution >= 0.6 is 23.2 Å². The van der Waals surface area contributed by atoms with Crippen molar-refractivity contribution in [3.8, 4) is 0 Å². The minimum Gasteiger partial charge on any atom is -0.308 e. The summed E-state index contributed by atoms with van der Waals surface area (Å²) in [5.74, 6) is -0.195. The van der Waals surface area contributed by atoms with E-state index in [2.05, 4.69) is 15.6 Å². The van der Waals surface area contributed by atoms with Crippen molar-refractivity contribution in [1.29, 1.82) is 0 Å². The van der Waals surface area contributed by atoms with E-state index in [4.69, 9.17) is 23.2 Å². The Bertz CT molecular complexity index is 604. The zero-order chi connectivity index (χ0) is 13.8. The summed E-state index contributed by atoms with van der Waals surface area (Å²) in [6.45, 7) is 0.